The summed E-state index contributed by atoms with van der Waals surface area (Å²) in [6.45, 7) is 11.3. The van der Waals surface area contributed by atoms with Crippen LogP contribution in [-0.2, 0) is 4.74 Å². The van der Waals surface area contributed by atoms with E-state index >= 15 is 0 Å². The quantitative estimate of drug-likeness (QED) is 0.408. The molecule has 13 heteroatoms. The van der Waals surface area contributed by atoms with Gasteiger partial charge in [0.1, 0.15) is 29.4 Å². The van der Waals surface area contributed by atoms with E-state index in [9.17, 15) is 13.6 Å². The number of benzene rings is 1. The Labute approximate surface area is 227 Å². The van der Waals surface area contributed by atoms with Crippen molar-refractivity contribution in [3.63, 3.8) is 0 Å². The van der Waals surface area contributed by atoms with Crippen LogP contribution in [0.5, 0.6) is 0 Å². The van der Waals surface area contributed by atoms with Crippen molar-refractivity contribution in [3.8, 4) is 0 Å². The molecule has 2 aromatic heterocycles. The van der Waals surface area contributed by atoms with E-state index in [1.54, 1.807) is 11.9 Å². The summed E-state index contributed by atoms with van der Waals surface area (Å²) < 4.78 is 34.4. The van der Waals surface area contributed by atoms with Gasteiger partial charge >= 0.3 is 0 Å². The molecule has 5 rings (SSSR count). The zero-order valence-corrected chi connectivity index (χ0v) is 23.5. The van der Waals surface area contributed by atoms with Crippen molar-refractivity contribution < 1.29 is 18.3 Å². The van der Waals surface area contributed by atoms with E-state index < -0.39 is 11.6 Å². The summed E-state index contributed by atoms with van der Waals surface area (Å²) in [5.41, 5.74) is 3.18. The lowest BCUT2D eigenvalue weighted by Gasteiger charge is -2.25. The fraction of sp³-hybridized carbons (Fsp3) is 0.577. The third kappa shape index (κ3) is 6.70. The molecule has 0 radical (unpaired) electrons. The number of rotatable bonds is 7. The SMILES string of the molecule is CC.CCC.C[C@@H](CCCC1Nc2c3cc(F)cc(F)c3nc(=N)n2N1)N(C)C(=O)c1cnn(C2COC2)n1. The molecule has 11 nitrogen and oxygen atoms in total. The Morgan fingerprint density at radius 2 is 1.97 bits per heavy atom. The molecule has 0 bridgehead atoms. The van der Waals surface area contributed by atoms with Crippen molar-refractivity contribution >= 4 is 22.6 Å². The zero-order chi connectivity index (χ0) is 28.7. The van der Waals surface area contributed by atoms with E-state index in [0.717, 1.165) is 18.9 Å². The Balaban J connectivity index is 0.000000787. The third-order valence-electron chi connectivity index (χ3n) is 6.30. The average Bonchev–Trinajstić information content (AvgIpc) is 3.53. The van der Waals surface area contributed by atoms with Gasteiger partial charge in [-0.2, -0.15) is 9.90 Å². The Morgan fingerprint density at radius 1 is 1.28 bits per heavy atom. The van der Waals surface area contributed by atoms with Gasteiger partial charge in [0.2, 0.25) is 5.62 Å². The fourth-order valence-corrected chi connectivity index (χ4v) is 4.10. The fourth-order valence-electron chi connectivity index (χ4n) is 4.10. The minimum absolute atomic E-state index is 0.0430. The summed E-state index contributed by atoms with van der Waals surface area (Å²) in [6, 6.07) is 2.00. The molecule has 2 aliphatic heterocycles. The molecular weight excluding hydrogens is 508 g/mol. The number of carbonyl (C=O) groups is 1. The van der Waals surface area contributed by atoms with Crippen molar-refractivity contribution in [2.24, 2.45) is 0 Å². The second kappa shape index (κ2) is 13.5. The first-order valence-corrected chi connectivity index (χ1v) is 13.5. The van der Waals surface area contributed by atoms with E-state index in [2.05, 4.69) is 39.8 Å². The number of nitrogens with one attached hydrogen (secondary N) is 3. The number of hydrogen-bond acceptors (Lipinski definition) is 8. The Kier molecular flexibility index (Phi) is 10.3. The lowest BCUT2D eigenvalue weighted by molar-refractivity contribution is -0.0349. The minimum Gasteiger partial charge on any atom is -0.377 e. The number of anilines is 1. The average molecular weight is 548 g/mol. The van der Waals surface area contributed by atoms with Gasteiger partial charge in [0.05, 0.1) is 19.4 Å². The molecule has 2 aliphatic rings. The molecule has 1 aromatic carbocycles. The van der Waals surface area contributed by atoms with Crippen LogP contribution in [0.2, 0.25) is 0 Å². The minimum atomic E-state index is -0.806. The highest BCUT2D eigenvalue weighted by atomic mass is 19.1. The summed E-state index contributed by atoms with van der Waals surface area (Å²) in [6.07, 6.45) is 4.62. The Morgan fingerprint density at radius 3 is 2.62 bits per heavy atom. The number of carbonyl (C=O) groups excluding carboxylic acids is 1. The van der Waals surface area contributed by atoms with Crippen LogP contribution in [0.15, 0.2) is 18.3 Å². The third-order valence-corrected chi connectivity index (χ3v) is 6.30. The van der Waals surface area contributed by atoms with Crippen molar-refractivity contribution in [2.75, 3.05) is 31.0 Å². The zero-order valence-electron chi connectivity index (χ0n) is 23.5. The molecule has 0 spiro atoms. The topological polar surface area (TPSA) is 126 Å². The molecule has 214 valence electrons. The van der Waals surface area contributed by atoms with Gasteiger partial charge in [0.15, 0.2) is 11.5 Å². The number of halogens is 2. The summed E-state index contributed by atoms with van der Waals surface area (Å²) in [4.78, 5) is 19.9. The highest BCUT2D eigenvalue weighted by Gasteiger charge is 2.27. The standard InChI is InChI=1S/C21H25F2N9O2.C3H8.C2H6/c1-11(30(2)20(33)16-8-25-32(28-16)13-9-34-10-13)4-3-5-17-26-19-14-6-12(22)7-15(23)18(14)27-21(24)31(19)29-17;1-3-2;1-2/h6-8,11,13,17,24,26,29H,3-5,9-10H2,1-2H3;3H2,1-2H3;1-2H3/t11-,17?;;/m0../s1. The van der Waals surface area contributed by atoms with Gasteiger partial charge in [-0.05, 0) is 32.3 Å². The normalized spacial score (nSPS) is 16.5. The number of ether oxygens (including phenoxy) is 1. The maximum atomic E-state index is 14.1. The lowest BCUT2D eigenvalue weighted by Crippen LogP contribution is -2.36. The Bertz CT molecular complexity index is 1320. The maximum Gasteiger partial charge on any atom is 0.276 e. The molecule has 0 aliphatic carbocycles. The van der Waals surface area contributed by atoms with Gasteiger partial charge in [-0.1, -0.05) is 34.1 Å². The number of amides is 1. The van der Waals surface area contributed by atoms with Gasteiger partial charge in [-0.15, -0.1) is 5.10 Å². The predicted octanol–water partition coefficient (Wildman–Crippen LogP) is 4.03. The van der Waals surface area contributed by atoms with E-state index in [4.69, 9.17) is 10.1 Å². The first-order valence-electron chi connectivity index (χ1n) is 13.5. The van der Waals surface area contributed by atoms with Crippen molar-refractivity contribution in [1.82, 2.24) is 29.6 Å². The molecule has 1 amide bonds. The molecule has 1 unspecified atom stereocenters. The van der Waals surface area contributed by atoms with Crippen molar-refractivity contribution in [3.05, 3.63) is 41.3 Å². The van der Waals surface area contributed by atoms with Gasteiger partial charge in [-0.3, -0.25) is 15.6 Å². The summed E-state index contributed by atoms with van der Waals surface area (Å²) in [5.74, 6) is -1.31. The monoisotopic (exact) mass is 547 g/mol. The van der Waals surface area contributed by atoms with Crippen molar-refractivity contribution in [2.45, 2.75) is 78.6 Å². The highest BCUT2D eigenvalue weighted by molar-refractivity contribution is 5.92. The van der Waals surface area contributed by atoms with E-state index in [1.807, 2.05) is 20.8 Å². The van der Waals surface area contributed by atoms with Crippen LogP contribution in [-0.4, -0.2) is 67.9 Å². The molecule has 39 heavy (non-hydrogen) atoms. The second-order valence-electron chi connectivity index (χ2n) is 9.37. The highest BCUT2D eigenvalue weighted by Crippen LogP contribution is 2.27. The van der Waals surface area contributed by atoms with Gasteiger partial charge in [0, 0.05) is 24.5 Å². The van der Waals surface area contributed by atoms with Gasteiger partial charge < -0.3 is 15.0 Å². The molecule has 0 saturated carbocycles. The van der Waals surface area contributed by atoms with Crippen LogP contribution in [0.3, 0.4) is 0 Å². The number of nitrogens with zero attached hydrogens (tertiary/aromatic N) is 6. The van der Waals surface area contributed by atoms with Crippen LogP contribution in [0.1, 0.15) is 76.8 Å². The summed E-state index contributed by atoms with van der Waals surface area (Å²) in [7, 11) is 1.74. The van der Waals surface area contributed by atoms with Gasteiger partial charge in [-0.25, -0.2) is 18.4 Å². The molecule has 1 saturated heterocycles. The van der Waals surface area contributed by atoms with Crippen LogP contribution >= 0.6 is 0 Å². The number of aromatic nitrogens is 5. The molecule has 4 heterocycles. The summed E-state index contributed by atoms with van der Waals surface area (Å²) in [5, 5.41) is 20.0. The van der Waals surface area contributed by atoms with Crippen LogP contribution < -0.4 is 16.4 Å². The first-order chi connectivity index (χ1) is 18.7. The largest absolute Gasteiger partial charge is 0.377 e. The molecular formula is C26H39F2N9O2. The maximum absolute atomic E-state index is 14.1. The molecule has 2 atom stereocenters. The predicted molar refractivity (Wildman–Crippen MR) is 145 cm³/mol. The molecule has 1 fully saturated rings. The van der Waals surface area contributed by atoms with Crippen LogP contribution in [0.25, 0.3) is 10.9 Å². The molecule has 3 N–H and O–H groups in total. The smallest absolute Gasteiger partial charge is 0.276 e. The van der Waals surface area contributed by atoms with E-state index in [1.165, 1.54) is 28.2 Å². The number of fused-ring (bicyclic) bond motifs is 3. The lowest BCUT2D eigenvalue weighted by atomic mass is 10.1. The van der Waals surface area contributed by atoms with E-state index in [0.29, 0.717) is 31.1 Å². The molecule has 3 aromatic rings. The Hall–Kier alpha value is -3.61. The van der Waals surface area contributed by atoms with E-state index in [-0.39, 0.29) is 40.7 Å². The van der Waals surface area contributed by atoms with Crippen LogP contribution in [0, 0.1) is 17.0 Å². The van der Waals surface area contributed by atoms with Crippen LogP contribution in [0.4, 0.5) is 14.6 Å². The summed E-state index contributed by atoms with van der Waals surface area (Å²) >= 11 is 0. The van der Waals surface area contributed by atoms with Crippen molar-refractivity contribution in [1.29, 1.82) is 5.41 Å². The van der Waals surface area contributed by atoms with Gasteiger partial charge in [0.25, 0.3) is 5.91 Å². The second-order valence-corrected chi connectivity index (χ2v) is 9.37. The number of hydrogen-bond donors (Lipinski definition) is 3. The first kappa shape index (κ1) is 29.9.